The van der Waals surface area contributed by atoms with Crippen LogP contribution < -0.4 is 0 Å². The first-order chi connectivity index (χ1) is 15.1. The molecular weight excluding hydrogens is 473 g/mol. The fourth-order valence-corrected chi connectivity index (χ4v) is 2.74. The summed E-state index contributed by atoms with van der Waals surface area (Å²) in [6.45, 7) is 5.78. The molecule has 0 radical (unpaired) electrons. The van der Waals surface area contributed by atoms with Gasteiger partial charge in [-0.3, -0.25) is 4.79 Å². The van der Waals surface area contributed by atoms with Crippen LogP contribution in [0.2, 0.25) is 5.02 Å². The highest BCUT2D eigenvalue weighted by atomic mass is 35.5. The zero-order valence-corrected chi connectivity index (χ0v) is 19.1. The van der Waals surface area contributed by atoms with Crippen LogP contribution in [0.25, 0.3) is 0 Å². The molecule has 1 heterocycles. The Kier molecular flexibility index (Phi) is 9.52. The quantitative estimate of drug-likeness (QED) is 0.625. The Hall–Kier alpha value is -3.02. The van der Waals surface area contributed by atoms with Crippen molar-refractivity contribution in [3.63, 3.8) is 0 Å². The van der Waals surface area contributed by atoms with Gasteiger partial charge in [-0.1, -0.05) is 11.6 Å². The van der Waals surface area contributed by atoms with E-state index >= 15 is 0 Å². The highest BCUT2D eigenvalue weighted by molar-refractivity contribution is 6.30. The number of carboxylic acids is 1. The molecule has 13 heteroatoms. The van der Waals surface area contributed by atoms with Gasteiger partial charge in [-0.05, 0) is 45.0 Å². The molecule has 1 N–H and O–H groups in total. The minimum Gasteiger partial charge on any atom is -0.475 e. The van der Waals surface area contributed by atoms with E-state index in [-0.39, 0.29) is 25.5 Å². The molecule has 0 bridgehead atoms. The Morgan fingerprint density at radius 1 is 1.06 bits per heavy atom. The third-order valence-corrected chi connectivity index (χ3v) is 4.35. The number of nitrogens with zero attached hydrogens (tertiary/aromatic N) is 2. The number of hydrogen-bond acceptors (Lipinski definition) is 6. The zero-order valence-electron chi connectivity index (χ0n) is 18.3. The van der Waals surface area contributed by atoms with Crippen molar-refractivity contribution in [2.45, 2.75) is 38.6 Å². The van der Waals surface area contributed by atoms with Gasteiger partial charge >= 0.3 is 24.2 Å². The van der Waals surface area contributed by atoms with Gasteiger partial charge < -0.3 is 24.4 Å². The average molecular weight is 497 g/mol. The molecule has 1 aromatic carbocycles. The summed E-state index contributed by atoms with van der Waals surface area (Å²) in [6.07, 6.45) is -5.61. The first kappa shape index (κ1) is 28.0. The van der Waals surface area contributed by atoms with Crippen molar-refractivity contribution in [2.24, 2.45) is 0 Å². The average Bonchev–Trinajstić information content (AvgIpc) is 2.71. The van der Waals surface area contributed by atoms with Gasteiger partial charge in [0, 0.05) is 23.7 Å². The van der Waals surface area contributed by atoms with Crippen molar-refractivity contribution in [1.82, 2.24) is 9.80 Å². The molecule has 9 nitrogen and oxygen atoms in total. The van der Waals surface area contributed by atoms with Crippen LogP contribution in [0.5, 0.6) is 0 Å². The summed E-state index contributed by atoms with van der Waals surface area (Å²) >= 11 is 5.85. The molecule has 1 saturated heterocycles. The molecule has 1 atom stereocenters. The second-order valence-corrected chi connectivity index (χ2v) is 8.21. The Balaban J connectivity index is 0.000000675. The molecule has 0 spiro atoms. The minimum atomic E-state index is -5.08. The van der Waals surface area contributed by atoms with Crippen LogP contribution in [-0.2, 0) is 19.1 Å². The van der Waals surface area contributed by atoms with Gasteiger partial charge in [0.25, 0.3) is 5.91 Å². The number of aliphatic carboxylic acids is 1. The molecule has 0 saturated carbocycles. The topological polar surface area (TPSA) is 113 Å². The summed E-state index contributed by atoms with van der Waals surface area (Å²) in [7, 11) is 1.25. The van der Waals surface area contributed by atoms with Crippen LogP contribution in [0.1, 0.15) is 31.1 Å². The van der Waals surface area contributed by atoms with Crippen molar-refractivity contribution in [3.8, 4) is 0 Å². The molecule has 1 fully saturated rings. The number of hydrogen-bond donors (Lipinski definition) is 1. The Labute approximate surface area is 193 Å². The largest absolute Gasteiger partial charge is 0.490 e. The Bertz CT molecular complexity index is 870. The maximum atomic E-state index is 12.8. The molecule has 0 aromatic heterocycles. The number of esters is 1. The molecule has 1 aliphatic rings. The van der Waals surface area contributed by atoms with Crippen LogP contribution in [0, 0.1) is 0 Å². The lowest BCUT2D eigenvalue weighted by molar-refractivity contribution is -0.192. The van der Waals surface area contributed by atoms with E-state index in [1.165, 1.54) is 16.9 Å². The summed E-state index contributed by atoms with van der Waals surface area (Å²) < 4.78 is 41.9. The van der Waals surface area contributed by atoms with Gasteiger partial charge in [-0.25, -0.2) is 14.4 Å². The molecule has 33 heavy (non-hydrogen) atoms. The van der Waals surface area contributed by atoms with E-state index < -0.39 is 35.9 Å². The molecule has 2 amide bonds. The summed E-state index contributed by atoms with van der Waals surface area (Å²) in [5.41, 5.74) is -0.234. The summed E-state index contributed by atoms with van der Waals surface area (Å²) in [5, 5.41) is 7.64. The van der Waals surface area contributed by atoms with Crippen LogP contribution in [0.4, 0.5) is 18.0 Å². The van der Waals surface area contributed by atoms with Crippen molar-refractivity contribution in [3.05, 3.63) is 34.9 Å². The predicted molar refractivity (Wildman–Crippen MR) is 110 cm³/mol. The predicted octanol–water partition coefficient (Wildman–Crippen LogP) is 3.21. The minimum absolute atomic E-state index is 0.0148. The fraction of sp³-hybridized carbons (Fsp3) is 0.500. The van der Waals surface area contributed by atoms with Gasteiger partial charge in [-0.15, -0.1) is 0 Å². The van der Waals surface area contributed by atoms with Crippen LogP contribution in [0.15, 0.2) is 24.3 Å². The first-order valence-electron chi connectivity index (χ1n) is 9.49. The number of piperazine rings is 1. The zero-order chi connectivity index (χ0) is 25.6. The van der Waals surface area contributed by atoms with Crippen molar-refractivity contribution in [1.29, 1.82) is 0 Å². The van der Waals surface area contributed by atoms with Gasteiger partial charge in [0.15, 0.2) is 0 Å². The van der Waals surface area contributed by atoms with Crippen molar-refractivity contribution in [2.75, 3.05) is 26.7 Å². The third kappa shape index (κ3) is 8.79. The number of alkyl halides is 3. The maximum Gasteiger partial charge on any atom is 0.490 e. The van der Waals surface area contributed by atoms with Gasteiger partial charge in [0.05, 0.1) is 13.7 Å². The number of carbonyl (C=O) groups excluding carboxylic acids is 3. The normalized spacial score (nSPS) is 16.3. The number of halogens is 4. The van der Waals surface area contributed by atoms with Crippen LogP contribution in [-0.4, -0.2) is 83.4 Å². The molecule has 2 rings (SSSR count). The number of benzene rings is 1. The van der Waals surface area contributed by atoms with E-state index in [0.717, 1.165) is 0 Å². The molecular formula is C20H24ClF3N2O7. The SMILES string of the molecule is COC(=O)[C@H]1CN(C(=O)OC(C)(C)C)CCN1C(=O)c1ccc(Cl)cc1.O=C(O)C(F)(F)F. The smallest absolute Gasteiger partial charge is 0.475 e. The highest BCUT2D eigenvalue weighted by Gasteiger charge is 2.39. The number of carbonyl (C=O) groups is 4. The summed E-state index contributed by atoms with van der Waals surface area (Å²) in [5.74, 6) is -3.66. The number of amides is 2. The monoisotopic (exact) mass is 496 g/mol. The van der Waals surface area contributed by atoms with E-state index in [9.17, 15) is 27.6 Å². The molecule has 1 aromatic rings. The van der Waals surface area contributed by atoms with E-state index in [1.807, 2.05) is 0 Å². The molecule has 0 aliphatic carbocycles. The first-order valence-corrected chi connectivity index (χ1v) is 9.87. The lowest BCUT2D eigenvalue weighted by atomic mass is 10.1. The van der Waals surface area contributed by atoms with E-state index in [4.69, 9.17) is 31.0 Å². The maximum absolute atomic E-state index is 12.8. The summed E-state index contributed by atoms with van der Waals surface area (Å²) in [6, 6.07) is 5.51. The van der Waals surface area contributed by atoms with E-state index in [2.05, 4.69) is 0 Å². The van der Waals surface area contributed by atoms with Crippen molar-refractivity contribution < 1.29 is 46.9 Å². The third-order valence-electron chi connectivity index (χ3n) is 4.10. The van der Waals surface area contributed by atoms with Gasteiger partial charge in [-0.2, -0.15) is 13.2 Å². The van der Waals surface area contributed by atoms with E-state index in [0.29, 0.717) is 10.6 Å². The standard InChI is InChI=1S/C18H23ClN2O5.C2HF3O2/c1-18(2,3)26-17(24)20-9-10-21(14(11-20)16(23)25-4)15(22)12-5-7-13(19)8-6-12;3-2(4,5)1(6)7/h5-8,14H,9-11H2,1-4H3;(H,6,7)/t14-;/m1./s1. The van der Waals surface area contributed by atoms with Crippen LogP contribution in [0.3, 0.4) is 0 Å². The van der Waals surface area contributed by atoms with Crippen LogP contribution >= 0.6 is 11.6 Å². The highest BCUT2D eigenvalue weighted by Crippen LogP contribution is 2.19. The van der Waals surface area contributed by atoms with Crippen molar-refractivity contribution >= 4 is 35.5 Å². The number of ether oxygens (including phenoxy) is 2. The number of carboxylic acid groups (broad SMARTS) is 1. The number of rotatable bonds is 2. The lowest BCUT2D eigenvalue weighted by Gasteiger charge is -2.40. The molecule has 1 aliphatic heterocycles. The second kappa shape index (κ2) is 11.2. The summed E-state index contributed by atoms with van der Waals surface area (Å²) in [4.78, 5) is 49.0. The van der Waals surface area contributed by atoms with Gasteiger partial charge in [0.2, 0.25) is 0 Å². The molecule has 0 unspecified atom stereocenters. The molecule has 184 valence electrons. The van der Waals surface area contributed by atoms with E-state index in [1.54, 1.807) is 45.0 Å². The second-order valence-electron chi connectivity index (χ2n) is 7.77. The Morgan fingerprint density at radius 2 is 1.58 bits per heavy atom. The lowest BCUT2D eigenvalue weighted by Crippen LogP contribution is -2.60. The number of methoxy groups -OCH3 is 1. The fourth-order valence-electron chi connectivity index (χ4n) is 2.61. The van der Waals surface area contributed by atoms with Gasteiger partial charge in [0.1, 0.15) is 11.6 Å². The Morgan fingerprint density at radius 3 is 2.00 bits per heavy atom.